The quantitative estimate of drug-likeness (QED) is 0.315. The van der Waals surface area contributed by atoms with E-state index in [-0.39, 0.29) is 28.1 Å². The van der Waals surface area contributed by atoms with Crippen LogP contribution in [0.2, 0.25) is 0 Å². The number of aryl methyl sites for hydroxylation is 3. The first kappa shape index (κ1) is 30.6. The van der Waals surface area contributed by atoms with Crippen LogP contribution in [0.15, 0.2) is 36.4 Å². The molecular formula is C36H50O3. The highest BCUT2D eigenvalue weighted by Crippen LogP contribution is 2.48. The minimum absolute atomic E-state index is 0.0375. The second kappa shape index (κ2) is 10.2. The average Bonchev–Trinajstić information content (AvgIpc) is 2.73. The molecule has 0 aliphatic rings. The van der Waals surface area contributed by atoms with Crippen molar-refractivity contribution in [3.63, 3.8) is 0 Å². The molecule has 0 saturated carbocycles. The Kier molecular flexibility index (Phi) is 8.02. The number of phenols is 3. The summed E-state index contributed by atoms with van der Waals surface area (Å²) < 4.78 is 0. The first-order chi connectivity index (χ1) is 17.6. The van der Waals surface area contributed by atoms with E-state index in [2.05, 4.69) is 108 Å². The molecule has 212 valence electrons. The summed E-state index contributed by atoms with van der Waals surface area (Å²) in [7, 11) is 0. The molecule has 3 heteroatoms. The maximum Gasteiger partial charge on any atom is 0.119 e. The van der Waals surface area contributed by atoms with Crippen LogP contribution in [-0.4, -0.2) is 15.3 Å². The molecule has 3 aromatic rings. The highest BCUT2D eigenvalue weighted by molar-refractivity contribution is 5.55. The zero-order chi connectivity index (χ0) is 29.8. The van der Waals surface area contributed by atoms with Gasteiger partial charge in [-0.2, -0.15) is 0 Å². The van der Waals surface area contributed by atoms with E-state index in [0.29, 0.717) is 17.2 Å². The van der Waals surface area contributed by atoms with Gasteiger partial charge in [-0.05, 0) is 111 Å². The van der Waals surface area contributed by atoms with Crippen molar-refractivity contribution >= 4 is 0 Å². The molecule has 3 aromatic carbocycles. The summed E-state index contributed by atoms with van der Waals surface area (Å²) in [4.78, 5) is 0. The van der Waals surface area contributed by atoms with Crippen LogP contribution in [0.25, 0.3) is 0 Å². The fourth-order valence-corrected chi connectivity index (χ4v) is 5.98. The van der Waals surface area contributed by atoms with Crippen LogP contribution >= 0.6 is 0 Å². The van der Waals surface area contributed by atoms with Gasteiger partial charge < -0.3 is 15.3 Å². The summed E-state index contributed by atoms with van der Waals surface area (Å²) in [6, 6.07) is 12.3. The number of hydrogen-bond acceptors (Lipinski definition) is 3. The van der Waals surface area contributed by atoms with E-state index in [4.69, 9.17) is 0 Å². The number of rotatable bonds is 4. The Morgan fingerprint density at radius 2 is 0.718 bits per heavy atom. The fourth-order valence-electron chi connectivity index (χ4n) is 5.98. The number of hydrogen-bond donors (Lipinski definition) is 3. The average molecular weight is 531 g/mol. The summed E-state index contributed by atoms with van der Waals surface area (Å²) in [5.41, 5.74) is 8.78. The maximum absolute atomic E-state index is 10.9. The van der Waals surface area contributed by atoms with Crippen LogP contribution < -0.4 is 0 Å². The first-order valence-corrected chi connectivity index (χ1v) is 14.2. The molecule has 0 fully saturated rings. The molecule has 0 aromatic heterocycles. The second-order valence-electron chi connectivity index (χ2n) is 14.7. The van der Waals surface area contributed by atoms with Crippen molar-refractivity contribution in [2.75, 3.05) is 0 Å². The second-order valence-corrected chi connectivity index (χ2v) is 14.7. The van der Waals surface area contributed by atoms with Crippen molar-refractivity contribution in [1.82, 2.24) is 0 Å². The normalized spacial score (nSPS) is 13.7. The van der Waals surface area contributed by atoms with E-state index in [1.54, 1.807) is 0 Å². The molecule has 1 atom stereocenters. The minimum Gasteiger partial charge on any atom is -0.508 e. The number of phenolic OH excluding ortho intramolecular Hbond substituents is 3. The third-order valence-corrected chi connectivity index (χ3v) is 8.24. The Bertz CT molecular complexity index is 1310. The smallest absolute Gasteiger partial charge is 0.119 e. The maximum atomic E-state index is 10.9. The van der Waals surface area contributed by atoms with Crippen LogP contribution in [0.4, 0.5) is 0 Å². The Balaban J connectivity index is 2.44. The van der Waals surface area contributed by atoms with E-state index >= 15 is 0 Å². The zero-order valence-electron chi connectivity index (χ0n) is 26.5. The van der Waals surface area contributed by atoms with Gasteiger partial charge in [-0.15, -0.1) is 0 Å². The third kappa shape index (κ3) is 6.13. The molecule has 3 nitrogen and oxygen atoms in total. The van der Waals surface area contributed by atoms with Crippen molar-refractivity contribution in [3.8, 4) is 17.2 Å². The highest BCUT2D eigenvalue weighted by Gasteiger charge is 2.32. The van der Waals surface area contributed by atoms with Gasteiger partial charge in [-0.1, -0.05) is 87.4 Å². The lowest BCUT2D eigenvalue weighted by Crippen LogP contribution is -2.20. The van der Waals surface area contributed by atoms with E-state index < -0.39 is 0 Å². The Hall–Kier alpha value is -2.94. The van der Waals surface area contributed by atoms with E-state index in [1.165, 1.54) is 16.7 Å². The Morgan fingerprint density at radius 1 is 0.462 bits per heavy atom. The van der Waals surface area contributed by atoms with Gasteiger partial charge in [-0.3, -0.25) is 0 Å². The predicted molar refractivity (Wildman–Crippen MR) is 165 cm³/mol. The van der Waals surface area contributed by atoms with Crippen LogP contribution in [0.5, 0.6) is 17.2 Å². The lowest BCUT2D eigenvalue weighted by molar-refractivity contribution is 0.442. The van der Waals surface area contributed by atoms with Gasteiger partial charge in [0.05, 0.1) is 0 Å². The van der Waals surface area contributed by atoms with Gasteiger partial charge in [0.25, 0.3) is 0 Å². The molecule has 0 aliphatic carbocycles. The minimum atomic E-state index is -0.227. The first-order valence-electron chi connectivity index (χ1n) is 14.2. The molecule has 0 saturated heterocycles. The van der Waals surface area contributed by atoms with Gasteiger partial charge in [0.1, 0.15) is 17.2 Å². The monoisotopic (exact) mass is 530 g/mol. The Morgan fingerprint density at radius 3 is 1.00 bits per heavy atom. The van der Waals surface area contributed by atoms with Gasteiger partial charge in [-0.25, -0.2) is 0 Å². The van der Waals surface area contributed by atoms with Gasteiger partial charge in [0.15, 0.2) is 0 Å². The summed E-state index contributed by atoms with van der Waals surface area (Å²) in [6.45, 7) is 27.6. The highest BCUT2D eigenvalue weighted by atomic mass is 16.3. The number of benzene rings is 3. The largest absolute Gasteiger partial charge is 0.508 e. The molecule has 1 unspecified atom stereocenters. The molecule has 0 heterocycles. The van der Waals surface area contributed by atoms with Gasteiger partial charge in [0, 0.05) is 5.92 Å². The molecule has 3 rings (SSSR count). The van der Waals surface area contributed by atoms with Crippen molar-refractivity contribution in [2.24, 2.45) is 0 Å². The summed E-state index contributed by atoms with van der Waals surface area (Å²) in [5.74, 6) is 0.995. The lowest BCUT2D eigenvalue weighted by atomic mass is 9.71. The van der Waals surface area contributed by atoms with Crippen molar-refractivity contribution in [2.45, 2.75) is 118 Å². The summed E-state index contributed by atoms with van der Waals surface area (Å²) >= 11 is 0. The molecule has 39 heavy (non-hydrogen) atoms. The molecule has 0 aliphatic heterocycles. The third-order valence-electron chi connectivity index (χ3n) is 8.24. The summed E-state index contributed by atoms with van der Waals surface area (Å²) in [6.07, 6.45) is 0. The summed E-state index contributed by atoms with van der Waals surface area (Å²) in [5, 5.41) is 32.7. The van der Waals surface area contributed by atoms with Gasteiger partial charge in [0.2, 0.25) is 0 Å². The zero-order valence-corrected chi connectivity index (χ0v) is 26.5. The van der Waals surface area contributed by atoms with Crippen molar-refractivity contribution in [1.29, 1.82) is 0 Å². The van der Waals surface area contributed by atoms with Crippen LogP contribution in [0.3, 0.4) is 0 Å². The lowest BCUT2D eigenvalue weighted by Gasteiger charge is -2.33. The fraction of sp³-hybridized carbons (Fsp3) is 0.500. The molecule has 0 radical (unpaired) electrons. The van der Waals surface area contributed by atoms with Crippen LogP contribution in [0.1, 0.15) is 131 Å². The molecule has 0 bridgehead atoms. The SMILES string of the molecule is Cc1cc(O)c(C(C)(C)C)cc1C(C)C(c1cc(C(C)(C)C)c(O)cc1C)c1cc(C(C)(C)C)c(O)cc1C. The van der Waals surface area contributed by atoms with Crippen molar-refractivity contribution < 1.29 is 15.3 Å². The van der Waals surface area contributed by atoms with Crippen LogP contribution in [0, 0.1) is 20.8 Å². The molecular weight excluding hydrogens is 480 g/mol. The molecule has 3 N–H and O–H groups in total. The molecule has 0 spiro atoms. The molecule has 0 amide bonds. The van der Waals surface area contributed by atoms with E-state index in [0.717, 1.165) is 33.4 Å². The Labute approximate surface area is 236 Å². The standard InChI is InChI=1S/C36H50O3/c1-20-14-30(37)27(34(5,6)7)17-24(20)23(4)33(25-18-28(35(8,9)10)31(38)15-21(25)2)26-19-29(36(11,12)13)32(39)16-22(26)3/h14-19,23,33,37-39H,1-13H3. The number of aromatic hydroxyl groups is 3. The van der Waals surface area contributed by atoms with E-state index in [9.17, 15) is 15.3 Å². The van der Waals surface area contributed by atoms with E-state index in [1.807, 2.05) is 18.2 Å². The van der Waals surface area contributed by atoms with Crippen LogP contribution in [-0.2, 0) is 16.2 Å². The predicted octanol–water partition coefficient (Wildman–Crippen LogP) is 9.56. The topological polar surface area (TPSA) is 60.7 Å². The van der Waals surface area contributed by atoms with Crippen molar-refractivity contribution in [3.05, 3.63) is 86.5 Å². The van der Waals surface area contributed by atoms with Gasteiger partial charge >= 0.3 is 0 Å².